The fraction of sp³-hybridized carbons (Fsp3) is 0.167. The van der Waals surface area contributed by atoms with E-state index in [-0.39, 0.29) is 21.7 Å². The quantitative estimate of drug-likeness (QED) is 0.176. The third-order valence-electron chi connectivity index (χ3n) is 18.6. The van der Waals surface area contributed by atoms with Crippen molar-refractivity contribution in [2.24, 2.45) is 0 Å². The first kappa shape index (κ1) is 43.0. The van der Waals surface area contributed by atoms with Crippen molar-refractivity contribution in [1.82, 2.24) is 0 Å². The molecule has 0 saturated heterocycles. The minimum absolute atomic E-state index is 0.199. The van der Waals surface area contributed by atoms with Crippen LogP contribution in [-0.4, -0.2) is 0 Å². The second-order valence-electron chi connectivity index (χ2n) is 23.9. The predicted molar refractivity (Wildman–Crippen MR) is 311 cm³/mol. The van der Waals surface area contributed by atoms with Gasteiger partial charge in [-0.15, -0.1) is 0 Å². The lowest BCUT2D eigenvalue weighted by Crippen LogP contribution is -2.24. The van der Waals surface area contributed by atoms with E-state index in [0.717, 1.165) is 39.4 Å². The molecule has 75 heavy (non-hydrogen) atoms. The predicted octanol–water partition coefficient (Wildman–Crippen LogP) is 19.8. The Hall–Kier alpha value is -8.40. The topological polar surface area (TPSA) is 29.5 Å². The smallest absolute Gasteiger partial charge is 0.144 e. The summed E-state index contributed by atoms with van der Waals surface area (Å²) in [5, 5.41) is 4.73. The lowest BCUT2D eigenvalue weighted by atomic mass is 9.72. The molecule has 0 saturated carbocycles. The Morgan fingerprint density at radius 1 is 0.320 bits per heavy atom. The summed E-state index contributed by atoms with van der Waals surface area (Å²) in [4.78, 5) is 2.53. The maximum atomic E-state index is 7.03. The van der Waals surface area contributed by atoms with E-state index in [2.05, 4.69) is 248 Å². The number of furan rings is 2. The molecule has 3 nitrogen and oxygen atoms in total. The minimum Gasteiger partial charge on any atom is -0.455 e. The summed E-state index contributed by atoms with van der Waals surface area (Å²) >= 11 is 0. The normalized spacial score (nSPS) is 16.2. The van der Waals surface area contributed by atoms with Gasteiger partial charge in [-0.25, -0.2) is 0 Å². The number of anilines is 3. The van der Waals surface area contributed by atoms with Crippen LogP contribution < -0.4 is 4.90 Å². The maximum absolute atomic E-state index is 7.03. The van der Waals surface area contributed by atoms with Crippen LogP contribution in [0.4, 0.5) is 17.1 Å². The van der Waals surface area contributed by atoms with Crippen molar-refractivity contribution >= 4 is 60.9 Å². The van der Waals surface area contributed by atoms with Crippen LogP contribution in [0, 0.1) is 0 Å². The van der Waals surface area contributed by atoms with E-state index in [1.807, 2.05) is 0 Å². The van der Waals surface area contributed by atoms with Gasteiger partial charge in [-0.05, 0) is 138 Å². The average molecular weight is 966 g/mol. The molecule has 4 aliphatic rings. The summed E-state index contributed by atoms with van der Waals surface area (Å²) in [5.41, 5.74) is 29.7. The molecule has 3 heteroatoms. The van der Waals surface area contributed by atoms with Crippen molar-refractivity contribution in [1.29, 1.82) is 0 Å². The summed E-state index contributed by atoms with van der Waals surface area (Å²) in [7, 11) is 0. The van der Waals surface area contributed by atoms with Crippen molar-refractivity contribution in [2.45, 2.75) is 77.0 Å². The Labute approximate surface area is 437 Å². The highest BCUT2D eigenvalue weighted by molar-refractivity contribution is 6.21. The third kappa shape index (κ3) is 5.36. The van der Waals surface area contributed by atoms with Crippen LogP contribution >= 0.6 is 0 Å². The molecule has 16 rings (SSSR count). The van der Waals surface area contributed by atoms with Crippen molar-refractivity contribution < 1.29 is 8.83 Å². The molecule has 10 aromatic carbocycles. The Morgan fingerprint density at radius 2 is 0.853 bits per heavy atom. The first-order chi connectivity index (χ1) is 36.2. The number of rotatable bonds is 4. The Bertz CT molecular complexity index is 4530. The molecule has 12 aromatic rings. The molecule has 2 heterocycles. The number of hydrogen-bond donors (Lipinski definition) is 0. The van der Waals surface area contributed by atoms with E-state index < -0.39 is 0 Å². The van der Waals surface area contributed by atoms with E-state index >= 15 is 0 Å². The Balaban J connectivity index is 0.902. The average Bonchev–Trinajstić information content (AvgIpc) is 4.24. The van der Waals surface area contributed by atoms with Gasteiger partial charge in [-0.1, -0.05) is 189 Å². The van der Waals surface area contributed by atoms with Gasteiger partial charge in [0.15, 0.2) is 0 Å². The number of hydrogen-bond acceptors (Lipinski definition) is 3. The van der Waals surface area contributed by atoms with E-state index in [0.29, 0.717) is 0 Å². The fourth-order valence-electron chi connectivity index (χ4n) is 15.0. The van der Waals surface area contributed by atoms with Crippen LogP contribution in [0.3, 0.4) is 0 Å². The van der Waals surface area contributed by atoms with Crippen LogP contribution in [0.2, 0.25) is 0 Å². The highest BCUT2D eigenvalue weighted by atomic mass is 16.3. The summed E-state index contributed by atoms with van der Waals surface area (Å²) in [6.45, 7) is 19.4. The highest BCUT2D eigenvalue weighted by Crippen LogP contribution is 2.64. The maximum Gasteiger partial charge on any atom is 0.144 e. The van der Waals surface area contributed by atoms with Gasteiger partial charge in [-0.3, -0.25) is 0 Å². The molecule has 4 aliphatic carbocycles. The summed E-state index contributed by atoms with van der Waals surface area (Å²) in [5.74, 6) is 0. The first-order valence-corrected chi connectivity index (χ1v) is 26.7. The molecule has 0 aliphatic heterocycles. The van der Waals surface area contributed by atoms with Gasteiger partial charge in [0.05, 0.1) is 5.69 Å². The number of fused-ring (bicyclic) bond motifs is 22. The van der Waals surface area contributed by atoms with E-state index in [1.165, 1.54) is 122 Å². The lowest BCUT2D eigenvalue weighted by Gasteiger charge is -2.32. The van der Waals surface area contributed by atoms with Crippen LogP contribution in [0.15, 0.2) is 197 Å². The van der Waals surface area contributed by atoms with Gasteiger partial charge < -0.3 is 13.7 Å². The third-order valence-corrected chi connectivity index (χ3v) is 18.6. The zero-order valence-corrected chi connectivity index (χ0v) is 43.7. The van der Waals surface area contributed by atoms with Crippen LogP contribution in [-0.2, 0) is 21.7 Å². The van der Waals surface area contributed by atoms with Crippen molar-refractivity contribution in [3.05, 3.63) is 233 Å². The van der Waals surface area contributed by atoms with Gasteiger partial charge in [0.1, 0.15) is 22.3 Å². The number of nitrogens with zero attached hydrogens (tertiary/aromatic N) is 1. The van der Waals surface area contributed by atoms with Gasteiger partial charge in [0.25, 0.3) is 0 Å². The molecule has 2 aromatic heterocycles. The Kier molecular flexibility index (Phi) is 8.18. The molecular formula is C72H55NO2. The van der Waals surface area contributed by atoms with Gasteiger partial charge in [0, 0.05) is 71.3 Å². The highest BCUT2D eigenvalue weighted by Gasteiger charge is 2.49. The second-order valence-corrected chi connectivity index (χ2v) is 23.9. The monoisotopic (exact) mass is 965 g/mol. The van der Waals surface area contributed by atoms with Gasteiger partial charge in [-0.2, -0.15) is 0 Å². The van der Waals surface area contributed by atoms with E-state index in [9.17, 15) is 0 Å². The molecule has 0 amide bonds. The van der Waals surface area contributed by atoms with E-state index in [1.54, 1.807) is 0 Å². The summed E-state index contributed by atoms with van der Waals surface area (Å²) in [6, 6.07) is 70.2. The lowest BCUT2D eigenvalue weighted by molar-refractivity contribution is 0.600. The van der Waals surface area contributed by atoms with Crippen molar-refractivity contribution in [2.75, 3.05) is 4.90 Å². The molecule has 360 valence electrons. The van der Waals surface area contributed by atoms with Crippen molar-refractivity contribution in [3.8, 4) is 55.6 Å². The molecule has 0 atom stereocenters. The second kappa shape index (κ2) is 14.3. The van der Waals surface area contributed by atoms with Gasteiger partial charge >= 0.3 is 0 Å². The van der Waals surface area contributed by atoms with Crippen LogP contribution in [0.1, 0.15) is 99.9 Å². The fourth-order valence-corrected chi connectivity index (χ4v) is 15.0. The van der Waals surface area contributed by atoms with Crippen LogP contribution in [0.25, 0.3) is 99.5 Å². The summed E-state index contributed by atoms with van der Waals surface area (Å²) < 4.78 is 13.8. The molecule has 0 bridgehead atoms. The van der Waals surface area contributed by atoms with Crippen molar-refractivity contribution in [3.63, 3.8) is 0 Å². The van der Waals surface area contributed by atoms with Gasteiger partial charge in [0.2, 0.25) is 0 Å². The largest absolute Gasteiger partial charge is 0.455 e. The molecule has 0 radical (unpaired) electrons. The first-order valence-electron chi connectivity index (χ1n) is 26.7. The molecule has 0 N–H and O–H groups in total. The minimum atomic E-state index is -0.344. The zero-order chi connectivity index (χ0) is 50.7. The zero-order valence-electron chi connectivity index (χ0n) is 43.7. The SMILES string of the molecule is CC1(C)c2cc(N(c3ccc4c(c3)C(C)(C)c3c5c(c6oc7ccccc7c6c3-4)-c3ccccc3C5(C)C)c3ccccc3-c3ccccc3)ccc2-c2cc3c(cc21)-c1c(ccc2c1oc1ccccc12)C3(C)C. The molecule has 0 spiro atoms. The number of para-hydroxylation sites is 3. The molecular weight excluding hydrogens is 911 g/mol. The summed E-state index contributed by atoms with van der Waals surface area (Å²) in [6.07, 6.45) is 0. The van der Waals surface area contributed by atoms with Crippen LogP contribution in [0.5, 0.6) is 0 Å². The molecule has 0 unspecified atom stereocenters. The van der Waals surface area contributed by atoms with E-state index in [4.69, 9.17) is 8.83 Å². The molecule has 0 fully saturated rings. The number of benzene rings is 10. The standard InChI is InChI=1S/C72H55NO2/c1-69(2)53-35-34-46-45-23-14-18-28-59(45)74-67(46)61(53)51-39-56-50(38-57(51)69)44-32-30-41(36-54(44)70(56,3)4)73(58-27-17-13-22-43(58)40-20-10-9-11-21-40)42-31-33-48-55(37-42)72(7,8)65-62(48)63-49-25-15-19-29-60(49)75-68(63)64-47-24-12-16-26-52(47)71(5,6)66(64)65/h9-39H,1-8H3. The Morgan fingerprint density at radius 3 is 1.63 bits per heavy atom.